The van der Waals surface area contributed by atoms with E-state index in [1.165, 1.54) is 16.7 Å². The van der Waals surface area contributed by atoms with Crippen LogP contribution in [0, 0.1) is 6.92 Å². The predicted molar refractivity (Wildman–Crippen MR) is 102 cm³/mol. The van der Waals surface area contributed by atoms with Crippen molar-refractivity contribution in [2.75, 3.05) is 5.32 Å². The molecular weight excluding hydrogens is 352 g/mol. The lowest BCUT2D eigenvalue weighted by Crippen LogP contribution is -2.38. The molecule has 6 nitrogen and oxygen atoms in total. The highest BCUT2D eigenvalue weighted by molar-refractivity contribution is 7.11. The van der Waals surface area contributed by atoms with Gasteiger partial charge in [-0.25, -0.2) is 0 Å². The third-order valence-corrected chi connectivity index (χ3v) is 4.83. The average Bonchev–Trinajstić information content (AvgIpc) is 3.00. The van der Waals surface area contributed by atoms with Crippen LogP contribution in [-0.4, -0.2) is 28.9 Å². The molecule has 26 heavy (non-hydrogen) atoms. The number of carbonyl (C=O) groups is 3. The van der Waals surface area contributed by atoms with Gasteiger partial charge >= 0.3 is 5.97 Å². The first kappa shape index (κ1) is 19.7. The van der Waals surface area contributed by atoms with Crippen LogP contribution in [0.15, 0.2) is 36.4 Å². The maximum atomic E-state index is 12.0. The lowest BCUT2D eigenvalue weighted by Gasteiger charge is -2.10. The average molecular weight is 374 g/mol. The molecule has 2 aromatic rings. The Kier molecular flexibility index (Phi) is 6.91. The number of rotatable bonds is 8. The molecule has 3 N–H and O–H groups in total. The second-order valence-corrected chi connectivity index (χ2v) is 7.40. The molecule has 0 saturated carbocycles. The summed E-state index contributed by atoms with van der Waals surface area (Å²) >= 11 is 1.75. The molecule has 0 spiro atoms. The summed E-state index contributed by atoms with van der Waals surface area (Å²) in [6, 6.07) is 9.56. The highest BCUT2D eigenvalue weighted by Gasteiger charge is 2.15. The zero-order valence-corrected chi connectivity index (χ0v) is 15.6. The maximum Gasteiger partial charge on any atom is 0.325 e. The number of carboxylic acid groups (broad SMARTS) is 1. The van der Waals surface area contributed by atoms with Gasteiger partial charge in [-0.1, -0.05) is 0 Å². The van der Waals surface area contributed by atoms with Crippen LogP contribution in [0.3, 0.4) is 0 Å². The Morgan fingerprint density at radius 3 is 2.38 bits per heavy atom. The van der Waals surface area contributed by atoms with E-state index in [0.29, 0.717) is 17.7 Å². The molecule has 1 aromatic heterocycles. The molecule has 2 amide bonds. The van der Waals surface area contributed by atoms with Gasteiger partial charge in [-0.15, -0.1) is 11.3 Å². The molecule has 1 aromatic carbocycles. The molecule has 0 aliphatic rings. The number of thiophene rings is 1. The zero-order valence-electron chi connectivity index (χ0n) is 14.7. The molecule has 7 heteroatoms. The SMILES string of the molecule is Cc1ccc(CCCC(=O)Nc2ccc(C(=O)NC(C)C(=O)O)cc2)s1. The number of anilines is 1. The smallest absolute Gasteiger partial charge is 0.325 e. The molecule has 2 rings (SSSR count). The van der Waals surface area contributed by atoms with E-state index in [-0.39, 0.29) is 5.91 Å². The van der Waals surface area contributed by atoms with Gasteiger partial charge in [-0.3, -0.25) is 14.4 Å². The summed E-state index contributed by atoms with van der Waals surface area (Å²) in [5.41, 5.74) is 0.939. The van der Waals surface area contributed by atoms with Crippen LogP contribution >= 0.6 is 11.3 Å². The molecule has 0 fully saturated rings. The Hall–Kier alpha value is -2.67. The van der Waals surface area contributed by atoms with Gasteiger partial charge in [0.25, 0.3) is 5.91 Å². The van der Waals surface area contributed by atoms with Crippen LogP contribution in [0.4, 0.5) is 5.69 Å². The fourth-order valence-corrected chi connectivity index (χ4v) is 3.24. The molecule has 138 valence electrons. The summed E-state index contributed by atoms with van der Waals surface area (Å²) < 4.78 is 0. The van der Waals surface area contributed by atoms with Crippen molar-refractivity contribution in [3.05, 3.63) is 51.7 Å². The molecule has 0 aliphatic carbocycles. The van der Waals surface area contributed by atoms with E-state index in [1.807, 2.05) is 0 Å². The standard InChI is InChI=1S/C19H22N2O4S/c1-12-6-11-16(26-12)4-3-5-17(22)21-15-9-7-14(8-10-15)18(23)20-13(2)19(24)25/h6-11,13H,3-5H2,1-2H3,(H,20,23)(H,21,22)(H,24,25). The molecule has 1 atom stereocenters. The minimum Gasteiger partial charge on any atom is -0.480 e. The Morgan fingerprint density at radius 1 is 1.12 bits per heavy atom. The lowest BCUT2D eigenvalue weighted by atomic mass is 10.1. The predicted octanol–water partition coefficient (Wildman–Crippen LogP) is 3.22. The second kappa shape index (κ2) is 9.15. The first-order valence-electron chi connectivity index (χ1n) is 8.34. The highest BCUT2D eigenvalue weighted by Crippen LogP contribution is 2.17. The Labute approximate surface area is 156 Å². The molecule has 0 saturated heterocycles. The van der Waals surface area contributed by atoms with Crippen molar-refractivity contribution in [2.45, 2.75) is 39.2 Å². The Bertz CT molecular complexity index is 783. The summed E-state index contributed by atoms with van der Waals surface area (Å²) in [7, 11) is 0. The molecule has 1 unspecified atom stereocenters. The lowest BCUT2D eigenvalue weighted by molar-refractivity contribution is -0.138. The normalized spacial score (nSPS) is 11.6. The number of aryl methyl sites for hydroxylation is 2. The van der Waals surface area contributed by atoms with Gasteiger partial charge < -0.3 is 15.7 Å². The zero-order chi connectivity index (χ0) is 19.1. The van der Waals surface area contributed by atoms with Gasteiger partial charge in [-0.2, -0.15) is 0 Å². The van der Waals surface area contributed by atoms with E-state index in [0.717, 1.165) is 12.8 Å². The number of amides is 2. The minimum atomic E-state index is -1.10. The first-order chi connectivity index (χ1) is 12.3. The van der Waals surface area contributed by atoms with Crippen molar-refractivity contribution >= 4 is 34.8 Å². The summed E-state index contributed by atoms with van der Waals surface area (Å²) in [5.74, 6) is -1.64. The maximum absolute atomic E-state index is 12.0. The quantitative estimate of drug-likeness (QED) is 0.661. The van der Waals surface area contributed by atoms with Gasteiger partial charge in [0.1, 0.15) is 6.04 Å². The summed E-state index contributed by atoms with van der Waals surface area (Å²) in [5, 5.41) is 14.0. The summed E-state index contributed by atoms with van der Waals surface area (Å²) in [6.07, 6.45) is 2.08. The van der Waals surface area contributed by atoms with E-state index in [2.05, 4.69) is 29.7 Å². The number of carbonyl (C=O) groups excluding carboxylic acids is 2. The molecule has 0 radical (unpaired) electrons. The molecular formula is C19H22N2O4S. The van der Waals surface area contributed by atoms with Gasteiger partial charge in [0.2, 0.25) is 5.91 Å². The van der Waals surface area contributed by atoms with Gasteiger partial charge in [0, 0.05) is 27.4 Å². The van der Waals surface area contributed by atoms with Crippen molar-refractivity contribution < 1.29 is 19.5 Å². The Morgan fingerprint density at radius 2 is 1.81 bits per heavy atom. The topological polar surface area (TPSA) is 95.5 Å². The number of carboxylic acids is 1. The highest BCUT2D eigenvalue weighted by atomic mass is 32.1. The van der Waals surface area contributed by atoms with Gasteiger partial charge in [0.05, 0.1) is 0 Å². The number of nitrogens with one attached hydrogen (secondary N) is 2. The van der Waals surface area contributed by atoms with Crippen molar-refractivity contribution in [3.8, 4) is 0 Å². The monoisotopic (exact) mass is 374 g/mol. The molecule has 1 heterocycles. The van der Waals surface area contributed by atoms with Crippen LogP contribution in [0.5, 0.6) is 0 Å². The van der Waals surface area contributed by atoms with Gasteiger partial charge in [-0.05, 0) is 63.1 Å². The van der Waals surface area contributed by atoms with Gasteiger partial charge in [0.15, 0.2) is 0 Å². The molecule has 0 aliphatic heterocycles. The van der Waals surface area contributed by atoms with Crippen molar-refractivity contribution in [1.29, 1.82) is 0 Å². The van der Waals surface area contributed by atoms with Crippen molar-refractivity contribution in [3.63, 3.8) is 0 Å². The van der Waals surface area contributed by atoms with Crippen molar-refractivity contribution in [1.82, 2.24) is 5.32 Å². The third-order valence-electron chi connectivity index (χ3n) is 3.77. The fourth-order valence-electron chi connectivity index (χ4n) is 2.31. The van der Waals surface area contributed by atoms with Crippen molar-refractivity contribution in [2.24, 2.45) is 0 Å². The van der Waals surface area contributed by atoms with Crippen LogP contribution in [0.2, 0.25) is 0 Å². The van der Waals surface area contributed by atoms with E-state index < -0.39 is 17.9 Å². The minimum absolute atomic E-state index is 0.0741. The fraction of sp³-hybridized carbons (Fsp3) is 0.316. The number of benzene rings is 1. The van der Waals surface area contributed by atoms with E-state index in [1.54, 1.807) is 35.6 Å². The third kappa shape index (κ3) is 6.00. The second-order valence-electron chi connectivity index (χ2n) is 6.02. The number of hydrogen-bond acceptors (Lipinski definition) is 4. The van der Waals surface area contributed by atoms with E-state index in [4.69, 9.17) is 5.11 Å². The van der Waals surface area contributed by atoms with E-state index >= 15 is 0 Å². The summed E-state index contributed by atoms with van der Waals surface area (Å²) in [4.78, 5) is 37.2. The van der Waals surface area contributed by atoms with E-state index in [9.17, 15) is 14.4 Å². The largest absolute Gasteiger partial charge is 0.480 e. The number of aliphatic carboxylic acids is 1. The Balaban J connectivity index is 1.79. The number of hydrogen-bond donors (Lipinski definition) is 3. The van der Waals surface area contributed by atoms with Crippen LogP contribution in [0.1, 0.15) is 39.9 Å². The van der Waals surface area contributed by atoms with Crippen LogP contribution in [0.25, 0.3) is 0 Å². The molecule has 0 bridgehead atoms. The first-order valence-corrected chi connectivity index (χ1v) is 9.15. The summed E-state index contributed by atoms with van der Waals surface area (Å²) in [6.45, 7) is 3.46. The van der Waals surface area contributed by atoms with Crippen LogP contribution < -0.4 is 10.6 Å². The van der Waals surface area contributed by atoms with Crippen LogP contribution in [-0.2, 0) is 16.0 Å².